The summed E-state index contributed by atoms with van der Waals surface area (Å²) in [5, 5.41) is 8.89. The van der Waals surface area contributed by atoms with Crippen LogP contribution in [-0.4, -0.2) is 21.1 Å². The third kappa shape index (κ3) is 4.10. The largest absolute Gasteiger partial charge is 0.272 e. The second-order valence-corrected chi connectivity index (χ2v) is 5.49. The molecule has 3 N–H and O–H groups in total. The number of rotatable bonds is 4. The van der Waals surface area contributed by atoms with Crippen molar-refractivity contribution < 1.29 is 4.79 Å². The van der Waals surface area contributed by atoms with Gasteiger partial charge in [-0.2, -0.15) is 5.10 Å². The first kappa shape index (κ1) is 15.6. The first-order chi connectivity index (χ1) is 9.97. The van der Waals surface area contributed by atoms with E-state index < -0.39 is 5.92 Å². The minimum atomic E-state index is -0.531. The van der Waals surface area contributed by atoms with E-state index >= 15 is 0 Å². The van der Waals surface area contributed by atoms with Crippen LogP contribution in [0.15, 0.2) is 34.9 Å². The molecule has 0 saturated carbocycles. The fourth-order valence-electron chi connectivity index (χ4n) is 1.47. The van der Waals surface area contributed by atoms with Crippen molar-refractivity contribution in [2.75, 3.05) is 5.12 Å². The van der Waals surface area contributed by atoms with E-state index in [0.29, 0.717) is 11.5 Å². The molecule has 7 nitrogen and oxygen atoms in total. The lowest BCUT2D eigenvalue weighted by molar-refractivity contribution is -0.122. The van der Waals surface area contributed by atoms with Crippen LogP contribution < -0.4 is 16.4 Å². The van der Waals surface area contributed by atoms with Gasteiger partial charge in [0.25, 0.3) is 0 Å². The molecule has 1 unspecified atom stereocenters. The third-order valence-electron chi connectivity index (χ3n) is 2.68. The van der Waals surface area contributed by atoms with Gasteiger partial charge in [0.05, 0.1) is 11.6 Å². The van der Waals surface area contributed by atoms with Crippen LogP contribution in [0.5, 0.6) is 0 Å². The Kier molecular flexibility index (Phi) is 5.05. The van der Waals surface area contributed by atoms with Crippen molar-refractivity contribution in [2.24, 2.45) is 5.84 Å². The Morgan fingerprint density at radius 2 is 2.14 bits per heavy atom. The van der Waals surface area contributed by atoms with Crippen molar-refractivity contribution in [1.82, 2.24) is 20.6 Å². The number of aromatic nitrogens is 3. The zero-order valence-corrected chi connectivity index (χ0v) is 13.3. The van der Waals surface area contributed by atoms with Gasteiger partial charge in [0.15, 0.2) is 11.0 Å². The van der Waals surface area contributed by atoms with E-state index in [2.05, 4.69) is 36.5 Å². The lowest BCUT2D eigenvalue weighted by Gasteiger charge is -2.20. The molecule has 0 saturated heterocycles. The summed E-state index contributed by atoms with van der Waals surface area (Å²) < 4.78 is 0.816. The van der Waals surface area contributed by atoms with Gasteiger partial charge in [-0.1, -0.05) is 11.6 Å². The normalized spacial score (nSPS) is 11.8. The summed E-state index contributed by atoms with van der Waals surface area (Å²) in [7, 11) is 0. The molecule has 2 aromatic rings. The number of carbonyl (C=O) groups is 1. The molecule has 0 aromatic carbocycles. The highest BCUT2D eigenvalue weighted by Crippen LogP contribution is 2.15. The second-order valence-electron chi connectivity index (χ2n) is 4.18. The van der Waals surface area contributed by atoms with Crippen LogP contribution in [-0.2, 0) is 4.79 Å². The molecule has 110 valence electrons. The second kappa shape index (κ2) is 6.79. The van der Waals surface area contributed by atoms with Gasteiger partial charge in [-0.05, 0) is 47.1 Å². The Bertz CT molecular complexity index is 621. The van der Waals surface area contributed by atoms with Gasteiger partial charge in [-0.15, -0.1) is 5.10 Å². The molecular formula is C12H12BrClN6O. The monoisotopic (exact) mass is 370 g/mol. The van der Waals surface area contributed by atoms with Gasteiger partial charge in [-0.3, -0.25) is 10.2 Å². The number of hydrogen-bond donors (Lipinski definition) is 2. The summed E-state index contributed by atoms with van der Waals surface area (Å²) >= 11 is 8.93. The molecule has 9 heteroatoms. The SMILES string of the molecule is CC(C(=O)NN(N)c1ccc(Br)cn1)c1ccc(Cl)nn1. The lowest BCUT2D eigenvalue weighted by Crippen LogP contribution is -2.49. The van der Waals surface area contributed by atoms with Gasteiger partial charge in [0, 0.05) is 10.7 Å². The quantitative estimate of drug-likeness (QED) is 0.628. The molecule has 2 heterocycles. The molecule has 0 radical (unpaired) electrons. The highest BCUT2D eigenvalue weighted by Gasteiger charge is 2.19. The van der Waals surface area contributed by atoms with E-state index in [1.807, 2.05) is 0 Å². The number of nitrogens with two attached hydrogens (primary N) is 1. The summed E-state index contributed by atoms with van der Waals surface area (Å²) in [5.41, 5.74) is 3.02. The Morgan fingerprint density at radius 3 is 2.71 bits per heavy atom. The topological polar surface area (TPSA) is 97.0 Å². The van der Waals surface area contributed by atoms with Gasteiger partial charge in [0.2, 0.25) is 5.91 Å². The summed E-state index contributed by atoms with van der Waals surface area (Å²) in [5.74, 6) is 5.29. The van der Waals surface area contributed by atoms with Gasteiger partial charge in [-0.25, -0.2) is 15.9 Å². The van der Waals surface area contributed by atoms with Crippen molar-refractivity contribution in [3.8, 4) is 0 Å². The van der Waals surface area contributed by atoms with E-state index in [0.717, 1.165) is 9.59 Å². The first-order valence-corrected chi connectivity index (χ1v) is 7.10. The highest BCUT2D eigenvalue weighted by atomic mass is 79.9. The van der Waals surface area contributed by atoms with Crippen LogP contribution in [0, 0.1) is 0 Å². The molecule has 0 aliphatic carbocycles. The van der Waals surface area contributed by atoms with E-state index in [1.54, 1.807) is 37.4 Å². The molecule has 0 fully saturated rings. The fraction of sp³-hybridized carbons (Fsp3) is 0.167. The molecule has 0 aliphatic heterocycles. The van der Waals surface area contributed by atoms with E-state index in [-0.39, 0.29) is 11.1 Å². The Hall–Kier alpha value is -1.77. The van der Waals surface area contributed by atoms with E-state index in [1.165, 1.54) is 0 Å². The number of carbonyl (C=O) groups excluding carboxylic acids is 1. The van der Waals surface area contributed by atoms with Crippen molar-refractivity contribution in [3.05, 3.63) is 45.8 Å². The highest BCUT2D eigenvalue weighted by molar-refractivity contribution is 9.10. The van der Waals surface area contributed by atoms with Crippen molar-refractivity contribution in [3.63, 3.8) is 0 Å². The number of hydrogen-bond acceptors (Lipinski definition) is 6. The number of nitrogens with zero attached hydrogens (tertiary/aromatic N) is 4. The molecule has 1 amide bonds. The molecule has 0 aliphatic rings. The minimum absolute atomic E-state index is 0.269. The number of nitrogens with one attached hydrogen (secondary N) is 1. The molecule has 2 rings (SSSR count). The van der Waals surface area contributed by atoms with Gasteiger partial charge in [0.1, 0.15) is 0 Å². The maximum absolute atomic E-state index is 12.1. The maximum Gasteiger partial charge on any atom is 0.248 e. The zero-order chi connectivity index (χ0) is 15.4. The molecule has 2 aromatic heterocycles. The number of hydrazine groups is 2. The smallest absolute Gasteiger partial charge is 0.248 e. The maximum atomic E-state index is 12.1. The van der Waals surface area contributed by atoms with E-state index in [4.69, 9.17) is 17.4 Å². The Balaban J connectivity index is 2.03. The standard InChI is InChI=1S/C12H12BrClN6O/c1-7(9-3-4-10(14)18-17-9)12(21)19-20(15)11-5-2-8(13)6-16-11/h2-7H,15H2,1H3,(H,19,21). The summed E-state index contributed by atoms with van der Waals surface area (Å²) in [6.07, 6.45) is 1.58. The summed E-state index contributed by atoms with van der Waals surface area (Å²) in [4.78, 5) is 16.2. The fourth-order valence-corrected chi connectivity index (χ4v) is 1.81. The predicted octanol–water partition coefficient (Wildman–Crippen LogP) is 1.80. The van der Waals surface area contributed by atoms with Crippen molar-refractivity contribution >= 4 is 39.3 Å². The van der Waals surface area contributed by atoms with Crippen molar-refractivity contribution in [1.29, 1.82) is 0 Å². The van der Waals surface area contributed by atoms with Gasteiger partial charge >= 0.3 is 0 Å². The zero-order valence-electron chi connectivity index (χ0n) is 11.0. The minimum Gasteiger partial charge on any atom is -0.272 e. The molecular weight excluding hydrogens is 360 g/mol. The van der Waals surface area contributed by atoms with E-state index in [9.17, 15) is 4.79 Å². The number of pyridine rings is 1. The van der Waals surface area contributed by atoms with Crippen LogP contribution >= 0.6 is 27.5 Å². The molecule has 0 bridgehead atoms. The lowest BCUT2D eigenvalue weighted by atomic mass is 10.1. The number of anilines is 1. The van der Waals surface area contributed by atoms with Crippen LogP contribution in [0.2, 0.25) is 5.15 Å². The molecule has 21 heavy (non-hydrogen) atoms. The summed E-state index contributed by atoms with van der Waals surface area (Å²) in [6, 6.07) is 6.64. The number of amides is 1. The molecule has 0 spiro atoms. The Morgan fingerprint density at radius 1 is 1.38 bits per heavy atom. The van der Waals surface area contributed by atoms with Crippen LogP contribution in [0.3, 0.4) is 0 Å². The Labute approximate surface area is 134 Å². The predicted molar refractivity (Wildman–Crippen MR) is 82.2 cm³/mol. The third-order valence-corrected chi connectivity index (χ3v) is 3.35. The summed E-state index contributed by atoms with van der Waals surface area (Å²) in [6.45, 7) is 1.69. The van der Waals surface area contributed by atoms with Crippen molar-refractivity contribution in [2.45, 2.75) is 12.8 Å². The number of halogens is 2. The van der Waals surface area contributed by atoms with Crippen LogP contribution in [0.25, 0.3) is 0 Å². The first-order valence-electron chi connectivity index (χ1n) is 5.93. The average molecular weight is 372 g/mol. The average Bonchev–Trinajstić information content (AvgIpc) is 2.47. The van der Waals surface area contributed by atoms with Crippen LogP contribution in [0.4, 0.5) is 5.82 Å². The molecule has 1 atom stereocenters. The van der Waals surface area contributed by atoms with Gasteiger partial charge < -0.3 is 0 Å². The van der Waals surface area contributed by atoms with Crippen LogP contribution in [0.1, 0.15) is 18.5 Å².